The molecular formula is C15H27NO4. The Bertz CT molecular complexity index is 367. The Hall–Kier alpha value is -1.26. The van der Waals surface area contributed by atoms with Crippen LogP contribution < -0.4 is 5.32 Å². The van der Waals surface area contributed by atoms with Gasteiger partial charge in [-0.3, -0.25) is 4.79 Å². The van der Waals surface area contributed by atoms with Crippen molar-refractivity contribution in [2.45, 2.75) is 53.4 Å². The Morgan fingerprint density at radius 2 is 1.95 bits per heavy atom. The average Bonchev–Trinajstić information content (AvgIpc) is 2.23. The van der Waals surface area contributed by atoms with Crippen molar-refractivity contribution >= 4 is 12.1 Å². The van der Waals surface area contributed by atoms with Crippen molar-refractivity contribution < 1.29 is 19.4 Å². The lowest BCUT2D eigenvalue weighted by Gasteiger charge is -2.46. The van der Waals surface area contributed by atoms with Gasteiger partial charge in [-0.05, 0) is 42.9 Å². The fourth-order valence-electron chi connectivity index (χ4n) is 3.84. The van der Waals surface area contributed by atoms with Gasteiger partial charge in [0.15, 0.2) is 0 Å². The van der Waals surface area contributed by atoms with Crippen LogP contribution in [0.1, 0.15) is 53.4 Å². The Kier molecular flexibility index (Phi) is 5.42. The second-order valence-corrected chi connectivity index (χ2v) is 7.10. The van der Waals surface area contributed by atoms with Gasteiger partial charge in [0.1, 0.15) is 0 Å². The molecule has 20 heavy (non-hydrogen) atoms. The number of carbonyl (C=O) groups excluding carboxylic acids is 1. The molecule has 0 spiro atoms. The summed E-state index contributed by atoms with van der Waals surface area (Å²) in [6.07, 6.45) is 2.54. The molecule has 0 aromatic heterocycles. The number of carboxylic acid groups (broad SMARTS) is 1. The van der Waals surface area contributed by atoms with Crippen molar-refractivity contribution in [2.75, 3.05) is 13.2 Å². The summed E-state index contributed by atoms with van der Waals surface area (Å²) in [5, 5.41) is 11.8. The van der Waals surface area contributed by atoms with Crippen molar-refractivity contribution in [1.82, 2.24) is 5.32 Å². The number of alkyl carbamates (subject to hydrolysis) is 1. The van der Waals surface area contributed by atoms with E-state index in [0.717, 1.165) is 19.3 Å². The molecule has 0 bridgehead atoms. The zero-order chi connectivity index (χ0) is 15.4. The van der Waals surface area contributed by atoms with Crippen molar-refractivity contribution in [3.05, 3.63) is 0 Å². The molecule has 2 atom stereocenters. The highest BCUT2D eigenvalue weighted by Crippen LogP contribution is 2.49. The van der Waals surface area contributed by atoms with Crippen molar-refractivity contribution in [3.63, 3.8) is 0 Å². The van der Waals surface area contributed by atoms with E-state index < -0.39 is 12.1 Å². The summed E-state index contributed by atoms with van der Waals surface area (Å²) in [7, 11) is 0. The first-order valence-electron chi connectivity index (χ1n) is 7.28. The largest absolute Gasteiger partial charge is 0.481 e. The predicted molar refractivity (Wildman–Crippen MR) is 76.5 cm³/mol. The van der Waals surface area contributed by atoms with Crippen molar-refractivity contribution in [1.29, 1.82) is 0 Å². The van der Waals surface area contributed by atoms with E-state index in [1.807, 2.05) is 0 Å². The molecule has 116 valence electrons. The summed E-state index contributed by atoms with van der Waals surface area (Å²) in [5.41, 5.74) is 0.0259. The predicted octanol–water partition coefficient (Wildman–Crippen LogP) is 3.04. The number of ether oxygens (including phenoxy) is 1. The monoisotopic (exact) mass is 285 g/mol. The van der Waals surface area contributed by atoms with E-state index in [1.54, 1.807) is 6.92 Å². The summed E-state index contributed by atoms with van der Waals surface area (Å²) in [4.78, 5) is 22.4. The lowest BCUT2D eigenvalue weighted by atomic mass is 9.60. The van der Waals surface area contributed by atoms with E-state index in [-0.39, 0.29) is 23.2 Å². The van der Waals surface area contributed by atoms with Gasteiger partial charge in [-0.25, -0.2) is 4.79 Å². The van der Waals surface area contributed by atoms with Crippen LogP contribution in [0.5, 0.6) is 0 Å². The maximum atomic E-state index is 11.4. The van der Waals surface area contributed by atoms with Crippen LogP contribution in [-0.4, -0.2) is 30.3 Å². The molecule has 0 saturated heterocycles. The molecule has 1 saturated carbocycles. The molecule has 0 aromatic rings. The number of hydrogen-bond acceptors (Lipinski definition) is 3. The molecule has 1 aliphatic carbocycles. The van der Waals surface area contributed by atoms with Gasteiger partial charge in [-0.15, -0.1) is 0 Å². The summed E-state index contributed by atoms with van der Waals surface area (Å²) < 4.78 is 4.88. The van der Waals surface area contributed by atoms with E-state index in [4.69, 9.17) is 9.84 Å². The summed E-state index contributed by atoms with van der Waals surface area (Å²) >= 11 is 0. The Morgan fingerprint density at radius 3 is 2.50 bits per heavy atom. The number of aliphatic carboxylic acids is 1. The minimum absolute atomic E-state index is 0.0748. The lowest BCUT2D eigenvalue weighted by molar-refractivity contribution is -0.139. The van der Waals surface area contributed by atoms with Crippen LogP contribution in [0.15, 0.2) is 0 Å². The zero-order valence-corrected chi connectivity index (χ0v) is 13.0. The first-order valence-corrected chi connectivity index (χ1v) is 7.28. The minimum atomic E-state index is -0.742. The SMILES string of the molecule is CCOC(=O)NCC1(C)CC(CC(=O)O)CC(C)(C)C1. The molecule has 0 aliphatic heterocycles. The van der Waals surface area contributed by atoms with Gasteiger partial charge < -0.3 is 15.2 Å². The van der Waals surface area contributed by atoms with Gasteiger partial charge in [0.05, 0.1) is 6.61 Å². The van der Waals surface area contributed by atoms with Gasteiger partial charge in [-0.1, -0.05) is 20.8 Å². The normalized spacial score (nSPS) is 28.7. The van der Waals surface area contributed by atoms with Crippen LogP contribution >= 0.6 is 0 Å². The number of hydrogen-bond donors (Lipinski definition) is 2. The van der Waals surface area contributed by atoms with Crippen LogP contribution in [-0.2, 0) is 9.53 Å². The van der Waals surface area contributed by atoms with Gasteiger partial charge in [-0.2, -0.15) is 0 Å². The molecular weight excluding hydrogens is 258 g/mol. The highest BCUT2D eigenvalue weighted by molar-refractivity contribution is 5.67. The summed E-state index contributed by atoms with van der Waals surface area (Å²) in [5.74, 6) is -0.571. The number of amides is 1. The standard InChI is InChI=1S/C15H27NO4/c1-5-20-13(19)16-10-15(4)8-11(6-12(17)18)7-14(2,3)9-15/h11H,5-10H2,1-4H3,(H,16,19)(H,17,18). The lowest BCUT2D eigenvalue weighted by Crippen LogP contribution is -2.44. The van der Waals surface area contributed by atoms with E-state index in [2.05, 4.69) is 26.1 Å². The molecule has 5 nitrogen and oxygen atoms in total. The molecule has 0 heterocycles. The maximum Gasteiger partial charge on any atom is 0.407 e. The number of carboxylic acids is 1. The highest BCUT2D eigenvalue weighted by atomic mass is 16.5. The third kappa shape index (κ3) is 5.39. The molecule has 2 unspecified atom stereocenters. The Labute approximate surface area is 121 Å². The second-order valence-electron chi connectivity index (χ2n) is 7.10. The molecule has 2 N–H and O–H groups in total. The molecule has 0 aromatic carbocycles. The van der Waals surface area contributed by atoms with Crippen LogP contribution in [0.3, 0.4) is 0 Å². The molecule has 1 rings (SSSR count). The first kappa shape index (κ1) is 16.8. The maximum absolute atomic E-state index is 11.4. The fraction of sp³-hybridized carbons (Fsp3) is 0.867. The zero-order valence-electron chi connectivity index (χ0n) is 13.0. The van der Waals surface area contributed by atoms with Crippen LogP contribution in [0, 0.1) is 16.7 Å². The first-order chi connectivity index (χ1) is 9.16. The van der Waals surface area contributed by atoms with E-state index in [0.29, 0.717) is 13.2 Å². The van der Waals surface area contributed by atoms with Crippen LogP contribution in [0.2, 0.25) is 0 Å². The quantitative estimate of drug-likeness (QED) is 0.814. The van der Waals surface area contributed by atoms with Gasteiger partial charge in [0.25, 0.3) is 0 Å². The Balaban J connectivity index is 2.65. The Morgan fingerprint density at radius 1 is 1.30 bits per heavy atom. The van der Waals surface area contributed by atoms with Crippen molar-refractivity contribution in [3.8, 4) is 0 Å². The third-order valence-corrected chi connectivity index (χ3v) is 3.93. The summed E-state index contributed by atoms with van der Waals surface area (Å²) in [6.45, 7) is 9.12. The molecule has 1 amide bonds. The van der Waals surface area contributed by atoms with Crippen LogP contribution in [0.25, 0.3) is 0 Å². The van der Waals surface area contributed by atoms with Crippen molar-refractivity contribution in [2.24, 2.45) is 16.7 Å². The summed E-state index contributed by atoms with van der Waals surface area (Å²) in [6, 6.07) is 0. The topological polar surface area (TPSA) is 75.6 Å². The number of rotatable bonds is 5. The van der Waals surface area contributed by atoms with Gasteiger partial charge >= 0.3 is 12.1 Å². The van der Waals surface area contributed by atoms with E-state index in [1.165, 1.54) is 0 Å². The van der Waals surface area contributed by atoms with E-state index in [9.17, 15) is 9.59 Å². The molecule has 5 heteroatoms. The molecule has 1 fully saturated rings. The third-order valence-electron chi connectivity index (χ3n) is 3.93. The smallest absolute Gasteiger partial charge is 0.407 e. The van der Waals surface area contributed by atoms with E-state index >= 15 is 0 Å². The van der Waals surface area contributed by atoms with Gasteiger partial charge in [0, 0.05) is 13.0 Å². The highest BCUT2D eigenvalue weighted by Gasteiger charge is 2.41. The fourth-order valence-corrected chi connectivity index (χ4v) is 3.84. The van der Waals surface area contributed by atoms with Gasteiger partial charge in [0.2, 0.25) is 0 Å². The number of carbonyl (C=O) groups is 2. The second kappa shape index (κ2) is 6.46. The molecule has 1 aliphatic rings. The minimum Gasteiger partial charge on any atom is -0.481 e. The molecule has 0 radical (unpaired) electrons. The average molecular weight is 285 g/mol. The van der Waals surface area contributed by atoms with Crippen LogP contribution in [0.4, 0.5) is 4.79 Å². The number of nitrogens with one attached hydrogen (secondary N) is 1.